The first-order chi connectivity index (χ1) is 10.1. The number of rotatable bonds is 3. The molecule has 0 saturated heterocycles. The lowest BCUT2D eigenvalue weighted by Gasteiger charge is -2.19. The van der Waals surface area contributed by atoms with Crippen molar-refractivity contribution in [3.63, 3.8) is 0 Å². The smallest absolute Gasteiger partial charge is 0.225 e. The number of carbonyl (C=O) groups excluding carboxylic acids is 1. The SMILES string of the molecule is NC1Cc2ccccc2C1NC(=O)Cc1ccccc1O. The zero-order chi connectivity index (χ0) is 14.8. The van der Waals surface area contributed by atoms with Gasteiger partial charge in [-0.05, 0) is 23.6 Å². The van der Waals surface area contributed by atoms with Gasteiger partial charge in [-0.1, -0.05) is 42.5 Å². The summed E-state index contributed by atoms with van der Waals surface area (Å²) in [5.74, 6) is 0.0115. The lowest BCUT2D eigenvalue weighted by molar-refractivity contribution is -0.121. The van der Waals surface area contributed by atoms with Crippen LogP contribution in [0, 0.1) is 0 Å². The number of benzene rings is 2. The van der Waals surface area contributed by atoms with Crippen LogP contribution in [0.15, 0.2) is 48.5 Å². The zero-order valence-electron chi connectivity index (χ0n) is 11.6. The molecule has 1 aliphatic carbocycles. The van der Waals surface area contributed by atoms with Gasteiger partial charge < -0.3 is 16.2 Å². The molecule has 0 spiro atoms. The van der Waals surface area contributed by atoms with E-state index in [-0.39, 0.29) is 30.2 Å². The number of amides is 1. The van der Waals surface area contributed by atoms with E-state index in [9.17, 15) is 9.90 Å². The molecule has 0 heterocycles. The molecule has 0 aromatic heterocycles. The van der Waals surface area contributed by atoms with E-state index >= 15 is 0 Å². The molecule has 108 valence electrons. The molecule has 4 heteroatoms. The van der Waals surface area contributed by atoms with Crippen molar-refractivity contribution in [2.75, 3.05) is 0 Å². The summed E-state index contributed by atoms with van der Waals surface area (Å²) in [5.41, 5.74) is 9.04. The highest BCUT2D eigenvalue weighted by molar-refractivity contribution is 5.80. The minimum Gasteiger partial charge on any atom is -0.508 e. The van der Waals surface area contributed by atoms with Gasteiger partial charge in [-0.2, -0.15) is 0 Å². The van der Waals surface area contributed by atoms with Gasteiger partial charge in [0.1, 0.15) is 5.75 Å². The average Bonchev–Trinajstić information content (AvgIpc) is 2.78. The van der Waals surface area contributed by atoms with Gasteiger partial charge in [0.15, 0.2) is 0 Å². The van der Waals surface area contributed by atoms with Crippen molar-refractivity contribution in [1.29, 1.82) is 0 Å². The van der Waals surface area contributed by atoms with E-state index < -0.39 is 0 Å². The van der Waals surface area contributed by atoms with Gasteiger partial charge in [0, 0.05) is 11.6 Å². The number of hydrogen-bond donors (Lipinski definition) is 3. The highest BCUT2D eigenvalue weighted by Crippen LogP contribution is 2.30. The van der Waals surface area contributed by atoms with Gasteiger partial charge in [-0.25, -0.2) is 0 Å². The Morgan fingerprint density at radius 2 is 1.90 bits per heavy atom. The second kappa shape index (κ2) is 5.58. The molecule has 0 aliphatic heterocycles. The summed E-state index contributed by atoms with van der Waals surface area (Å²) in [4.78, 5) is 12.2. The monoisotopic (exact) mass is 282 g/mol. The second-order valence-corrected chi connectivity index (χ2v) is 5.42. The molecule has 1 amide bonds. The fourth-order valence-corrected chi connectivity index (χ4v) is 2.87. The number of nitrogens with two attached hydrogens (primary N) is 1. The van der Waals surface area contributed by atoms with Crippen LogP contribution < -0.4 is 11.1 Å². The van der Waals surface area contributed by atoms with E-state index in [1.54, 1.807) is 24.3 Å². The van der Waals surface area contributed by atoms with Crippen molar-refractivity contribution >= 4 is 5.91 Å². The third kappa shape index (κ3) is 2.76. The third-order valence-corrected chi connectivity index (χ3v) is 3.93. The van der Waals surface area contributed by atoms with Crippen LogP contribution in [0.3, 0.4) is 0 Å². The lowest BCUT2D eigenvalue weighted by atomic mass is 10.1. The molecule has 2 atom stereocenters. The predicted octanol–water partition coefficient (Wildman–Crippen LogP) is 1.68. The summed E-state index contributed by atoms with van der Waals surface area (Å²) in [6, 6.07) is 14.6. The number of fused-ring (bicyclic) bond motifs is 1. The maximum Gasteiger partial charge on any atom is 0.225 e. The Bertz CT molecular complexity index is 669. The van der Waals surface area contributed by atoms with E-state index in [4.69, 9.17) is 5.73 Å². The minimum atomic E-state index is -0.153. The first-order valence-electron chi connectivity index (χ1n) is 7.05. The number of phenolic OH excluding ortho intramolecular Hbond substituents is 1. The van der Waals surface area contributed by atoms with Crippen molar-refractivity contribution in [3.05, 3.63) is 65.2 Å². The molecule has 2 aromatic rings. The normalized spacial score (nSPS) is 20.0. The zero-order valence-corrected chi connectivity index (χ0v) is 11.6. The molecule has 0 saturated carbocycles. The van der Waals surface area contributed by atoms with Gasteiger partial charge in [0.25, 0.3) is 0 Å². The minimum absolute atomic E-state index is 0.101. The summed E-state index contributed by atoms with van der Waals surface area (Å²) in [5, 5.41) is 12.7. The van der Waals surface area contributed by atoms with Crippen molar-refractivity contribution in [2.24, 2.45) is 5.73 Å². The fraction of sp³-hybridized carbons (Fsp3) is 0.235. The highest BCUT2D eigenvalue weighted by Gasteiger charge is 2.30. The van der Waals surface area contributed by atoms with Crippen LogP contribution >= 0.6 is 0 Å². The average molecular weight is 282 g/mol. The molecule has 2 unspecified atom stereocenters. The summed E-state index contributed by atoms with van der Waals surface area (Å²) in [6.45, 7) is 0. The Labute approximate surface area is 123 Å². The van der Waals surface area contributed by atoms with Crippen molar-refractivity contribution in [3.8, 4) is 5.75 Å². The van der Waals surface area contributed by atoms with Crippen LogP contribution in [-0.2, 0) is 17.6 Å². The Kier molecular flexibility index (Phi) is 3.62. The summed E-state index contributed by atoms with van der Waals surface area (Å²) in [7, 11) is 0. The number of hydrogen-bond acceptors (Lipinski definition) is 3. The first kappa shape index (κ1) is 13.6. The summed E-state index contributed by atoms with van der Waals surface area (Å²) in [6.07, 6.45) is 0.926. The number of para-hydroxylation sites is 1. The van der Waals surface area contributed by atoms with Crippen LogP contribution in [0.1, 0.15) is 22.7 Å². The largest absolute Gasteiger partial charge is 0.508 e. The quantitative estimate of drug-likeness (QED) is 0.801. The summed E-state index contributed by atoms with van der Waals surface area (Å²) < 4.78 is 0. The number of nitrogens with one attached hydrogen (secondary N) is 1. The molecular formula is C17H18N2O2. The topological polar surface area (TPSA) is 75.3 Å². The van der Waals surface area contributed by atoms with Gasteiger partial charge in [-0.3, -0.25) is 4.79 Å². The molecule has 4 nitrogen and oxygen atoms in total. The standard InChI is InChI=1S/C17H18N2O2/c18-14-9-11-5-1-3-7-13(11)17(14)19-16(21)10-12-6-2-4-8-15(12)20/h1-8,14,17,20H,9-10,18H2,(H,19,21). The number of carbonyl (C=O) groups is 1. The first-order valence-corrected chi connectivity index (χ1v) is 7.05. The highest BCUT2D eigenvalue weighted by atomic mass is 16.3. The molecule has 1 aliphatic rings. The maximum absolute atomic E-state index is 12.2. The van der Waals surface area contributed by atoms with E-state index in [1.165, 1.54) is 5.56 Å². The van der Waals surface area contributed by atoms with Crippen LogP contribution in [0.4, 0.5) is 0 Å². The van der Waals surface area contributed by atoms with E-state index in [0.29, 0.717) is 5.56 Å². The second-order valence-electron chi connectivity index (χ2n) is 5.42. The Morgan fingerprint density at radius 1 is 1.19 bits per heavy atom. The molecular weight excluding hydrogens is 264 g/mol. The van der Waals surface area contributed by atoms with Crippen LogP contribution in [0.25, 0.3) is 0 Å². The maximum atomic E-state index is 12.2. The molecule has 21 heavy (non-hydrogen) atoms. The van der Waals surface area contributed by atoms with Crippen molar-refractivity contribution in [2.45, 2.75) is 24.9 Å². The molecule has 2 aromatic carbocycles. The van der Waals surface area contributed by atoms with Crippen molar-refractivity contribution < 1.29 is 9.90 Å². The predicted molar refractivity (Wildman–Crippen MR) is 80.8 cm³/mol. The lowest BCUT2D eigenvalue weighted by Crippen LogP contribution is -2.39. The molecule has 0 radical (unpaired) electrons. The Balaban J connectivity index is 1.72. The summed E-state index contributed by atoms with van der Waals surface area (Å²) >= 11 is 0. The van der Waals surface area contributed by atoms with Gasteiger partial charge >= 0.3 is 0 Å². The van der Waals surface area contributed by atoms with Crippen LogP contribution in [0.2, 0.25) is 0 Å². The van der Waals surface area contributed by atoms with Crippen molar-refractivity contribution in [1.82, 2.24) is 5.32 Å². The molecule has 4 N–H and O–H groups in total. The third-order valence-electron chi connectivity index (χ3n) is 3.93. The number of aromatic hydroxyl groups is 1. The fourth-order valence-electron chi connectivity index (χ4n) is 2.87. The van der Waals surface area contributed by atoms with Gasteiger partial charge in [0.2, 0.25) is 5.91 Å². The molecule has 0 fully saturated rings. The number of phenols is 1. The van der Waals surface area contributed by atoms with Crippen LogP contribution in [-0.4, -0.2) is 17.1 Å². The van der Waals surface area contributed by atoms with E-state index in [1.807, 2.05) is 24.3 Å². The molecule has 0 bridgehead atoms. The van der Waals surface area contributed by atoms with Gasteiger partial charge in [0.05, 0.1) is 12.5 Å². The van der Waals surface area contributed by atoms with E-state index in [2.05, 4.69) is 5.32 Å². The Morgan fingerprint density at radius 3 is 2.71 bits per heavy atom. The Hall–Kier alpha value is -2.33. The van der Waals surface area contributed by atoms with E-state index in [0.717, 1.165) is 12.0 Å². The molecule has 3 rings (SSSR count). The van der Waals surface area contributed by atoms with Gasteiger partial charge in [-0.15, -0.1) is 0 Å². The van der Waals surface area contributed by atoms with Crippen LogP contribution in [0.5, 0.6) is 5.75 Å².